The minimum Gasteiger partial charge on any atom is -0.516 e. The summed E-state index contributed by atoms with van der Waals surface area (Å²) in [6.07, 6.45) is 22.5. The van der Waals surface area contributed by atoms with Crippen LogP contribution in [0.3, 0.4) is 0 Å². The third-order valence-corrected chi connectivity index (χ3v) is 5.23. The van der Waals surface area contributed by atoms with E-state index in [1.54, 1.807) is 0 Å². The van der Waals surface area contributed by atoms with E-state index in [0.29, 0.717) is 16.2 Å². The van der Waals surface area contributed by atoms with Gasteiger partial charge in [0.25, 0.3) is 5.97 Å². The molecule has 0 amide bonds. The van der Waals surface area contributed by atoms with Crippen LogP contribution in [0, 0.1) is 0 Å². The Bertz CT molecular complexity index is 256. The first kappa shape index (κ1) is 23.7. The maximum Gasteiger partial charge on any atom is 0.314 e. The van der Waals surface area contributed by atoms with Crippen molar-refractivity contribution in [3.63, 3.8) is 0 Å². The van der Waals surface area contributed by atoms with Crippen LogP contribution in [0.1, 0.15) is 123 Å². The molecule has 0 aliphatic carbocycles. The highest BCUT2D eigenvalue weighted by Gasteiger charge is 2.02. The minimum atomic E-state index is 0.000506. The van der Waals surface area contributed by atoms with Crippen LogP contribution in [-0.2, 0) is 9.22 Å². The summed E-state index contributed by atoms with van der Waals surface area (Å²) in [7, 11) is 0.356. The predicted octanol–water partition coefficient (Wildman–Crippen LogP) is 7.24. The molecule has 0 aromatic rings. The average Bonchev–Trinajstić information content (AvgIpc) is 2.59. The van der Waals surface area contributed by atoms with E-state index in [1.807, 2.05) is 6.92 Å². The fourth-order valence-electron chi connectivity index (χ4n) is 3.02. The standard InChI is InChI=1S/C21H42O2Si/c1-3-5-6-7-8-9-10-11-12-13-14-15-16-17-18-19-20-21(22)23-24-4-2/h3-20H2,1-2H3. The van der Waals surface area contributed by atoms with Gasteiger partial charge in [0.15, 0.2) is 0 Å². The molecule has 0 saturated heterocycles. The molecule has 0 fully saturated rings. The van der Waals surface area contributed by atoms with E-state index in [9.17, 15) is 4.79 Å². The van der Waals surface area contributed by atoms with Gasteiger partial charge in [0.1, 0.15) is 0 Å². The zero-order valence-corrected chi connectivity index (χ0v) is 17.5. The lowest BCUT2D eigenvalue weighted by molar-refractivity contribution is -0.134. The monoisotopic (exact) mass is 354 g/mol. The van der Waals surface area contributed by atoms with Crippen LogP contribution >= 0.6 is 0 Å². The second kappa shape index (κ2) is 20.7. The Morgan fingerprint density at radius 2 is 1.00 bits per heavy atom. The third kappa shape index (κ3) is 19.7. The van der Waals surface area contributed by atoms with Crippen LogP contribution in [-0.4, -0.2) is 15.7 Å². The molecular formula is C21H42O2Si. The van der Waals surface area contributed by atoms with Crippen LogP contribution in [0.15, 0.2) is 0 Å². The molecule has 0 aromatic carbocycles. The number of hydrogen-bond acceptors (Lipinski definition) is 2. The summed E-state index contributed by atoms with van der Waals surface area (Å²) >= 11 is 0. The molecule has 0 unspecified atom stereocenters. The number of carbonyl (C=O) groups excluding carboxylic acids is 1. The van der Waals surface area contributed by atoms with E-state index in [2.05, 4.69) is 6.92 Å². The van der Waals surface area contributed by atoms with Gasteiger partial charge >= 0.3 is 9.76 Å². The molecule has 0 bridgehead atoms. The quantitative estimate of drug-likeness (QED) is 0.180. The molecular weight excluding hydrogens is 312 g/mol. The van der Waals surface area contributed by atoms with Crippen LogP contribution < -0.4 is 0 Å². The lowest BCUT2D eigenvalue weighted by Gasteiger charge is -2.04. The zero-order valence-electron chi connectivity index (χ0n) is 16.5. The van der Waals surface area contributed by atoms with Gasteiger partial charge in [-0.3, -0.25) is 4.79 Å². The molecule has 2 radical (unpaired) electrons. The number of carbonyl (C=O) groups is 1. The third-order valence-electron chi connectivity index (χ3n) is 4.56. The fraction of sp³-hybridized carbons (Fsp3) is 0.952. The molecule has 3 heteroatoms. The van der Waals surface area contributed by atoms with Crippen molar-refractivity contribution in [2.24, 2.45) is 0 Å². The van der Waals surface area contributed by atoms with E-state index in [4.69, 9.17) is 4.43 Å². The molecule has 24 heavy (non-hydrogen) atoms. The van der Waals surface area contributed by atoms with Crippen molar-refractivity contribution in [3.05, 3.63) is 0 Å². The largest absolute Gasteiger partial charge is 0.516 e. The highest BCUT2D eigenvalue weighted by molar-refractivity contribution is 6.30. The van der Waals surface area contributed by atoms with E-state index < -0.39 is 0 Å². The Labute approximate surface area is 154 Å². The Morgan fingerprint density at radius 1 is 0.625 bits per heavy atom. The first-order chi connectivity index (χ1) is 11.8. The van der Waals surface area contributed by atoms with E-state index in [1.165, 1.54) is 96.3 Å². The maximum absolute atomic E-state index is 11.3. The normalized spacial score (nSPS) is 10.9. The second-order valence-corrected chi connectivity index (χ2v) is 8.23. The SMILES string of the molecule is CCCCCCCCCCCCCCCCCCC(=O)O[Si]CC. The first-order valence-electron chi connectivity index (χ1n) is 10.7. The van der Waals surface area contributed by atoms with Crippen LogP contribution in [0.4, 0.5) is 0 Å². The fourth-order valence-corrected chi connectivity index (χ4v) is 3.43. The maximum atomic E-state index is 11.3. The smallest absolute Gasteiger partial charge is 0.314 e. The summed E-state index contributed by atoms with van der Waals surface area (Å²) in [4.78, 5) is 11.3. The Morgan fingerprint density at radius 3 is 1.38 bits per heavy atom. The molecule has 0 saturated carbocycles. The number of unbranched alkanes of at least 4 members (excludes halogenated alkanes) is 15. The van der Waals surface area contributed by atoms with Gasteiger partial charge in [-0.05, 0) is 12.5 Å². The summed E-state index contributed by atoms with van der Waals surface area (Å²) in [5.74, 6) is 0.000506. The van der Waals surface area contributed by atoms with Gasteiger partial charge in [0, 0.05) is 6.42 Å². The first-order valence-corrected chi connectivity index (χ1v) is 11.8. The number of rotatable bonds is 19. The predicted molar refractivity (Wildman–Crippen MR) is 106 cm³/mol. The van der Waals surface area contributed by atoms with Gasteiger partial charge in [0.05, 0.1) is 0 Å². The van der Waals surface area contributed by atoms with E-state index in [-0.39, 0.29) is 5.97 Å². The van der Waals surface area contributed by atoms with Gasteiger partial charge in [-0.1, -0.05) is 110 Å². The van der Waals surface area contributed by atoms with Crippen LogP contribution in [0.2, 0.25) is 6.04 Å². The zero-order chi connectivity index (χ0) is 17.7. The van der Waals surface area contributed by atoms with Crippen LogP contribution in [0.5, 0.6) is 0 Å². The van der Waals surface area contributed by atoms with E-state index in [0.717, 1.165) is 12.5 Å². The molecule has 0 rings (SSSR count). The van der Waals surface area contributed by atoms with Crippen molar-refractivity contribution in [2.75, 3.05) is 0 Å². The summed E-state index contributed by atoms with van der Waals surface area (Å²) < 4.78 is 5.10. The van der Waals surface area contributed by atoms with Gasteiger partial charge in [0.2, 0.25) is 0 Å². The highest BCUT2D eigenvalue weighted by Crippen LogP contribution is 2.14. The van der Waals surface area contributed by atoms with Gasteiger partial charge in [-0.2, -0.15) is 0 Å². The molecule has 0 aromatic heterocycles. The summed E-state index contributed by atoms with van der Waals surface area (Å²) in [6, 6.07) is 0.949. The lowest BCUT2D eigenvalue weighted by atomic mass is 10.0. The molecule has 0 aliphatic heterocycles. The summed E-state index contributed by atoms with van der Waals surface area (Å²) in [5, 5.41) is 0. The molecule has 0 atom stereocenters. The Hall–Kier alpha value is -0.313. The second-order valence-electron chi connectivity index (χ2n) is 7.03. The van der Waals surface area contributed by atoms with Crippen molar-refractivity contribution in [1.82, 2.24) is 0 Å². The van der Waals surface area contributed by atoms with Gasteiger partial charge in [-0.15, -0.1) is 0 Å². The Kier molecular flexibility index (Phi) is 20.5. The van der Waals surface area contributed by atoms with Crippen LogP contribution in [0.25, 0.3) is 0 Å². The molecule has 142 valence electrons. The molecule has 0 aliphatic rings. The Balaban J connectivity index is 3.04. The van der Waals surface area contributed by atoms with Crippen molar-refractivity contribution >= 4 is 15.7 Å². The summed E-state index contributed by atoms with van der Waals surface area (Å²) in [6.45, 7) is 4.32. The van der Waals surface area contributed by atoms with Crippen molar-refractivity contribution < 1.29 is 9.22 Å². The lowest BCUT2D eigenvalue weighted by Crippen LogP contribution is -2.07. The molecule has 0 spiro atoms. The van der Waals surface area contributed by atoms with Crippen molar-refractivity contribution in [3.8, 4) is 0 Å². The minimum absolute atomic E-state index is 0.000506. The average molecular weight is 355 g/mol. The molecule has 0 N–H and O–H groups in total. The highest BCUT2D eigenvalue weighted by atomic mass is 28.2. The summed E-state index contributed by atoms with van der Waals surface area (Å²) in [5.41, 5.74) is 0. The van der Waals surface area contributed by atoms with Crippen molar-refractivity contribution in [1.29, 1.82) is 0 Å². The van der Waals surface area contributed by atoms with Gasteiger partial charge < -0.3 is 4.43 Å². The van der Waals surface area contributed by atoms with Crippen molar-refractivity contribution in [2.45, 2.75) is 129 Å². The molecule has 2 nitrogen and oxygen atoms in total. The van der Waals surface area contributed by atoms with E-state index >= 15 is 0 Å². The molecule has 0 heterocycles. The topological polar surface area (TPSA) is 26.3 Å². The number of hydrogen-bond donors (Lipinski definition) is 0. The van der Waals surface area contributed by atoms with Gasteiger partial charge in [-0.25, -0.2) is 0 Å².